The smallest absolute Gasteiger partial charge is 0.0468 e. The quantitative estimate of drug-likeness (QED) is 0.155. The van der Waals surface area contributed by atoms with Gasteiger partial charge >= 0.3 is 0 Å². The molecule has 0 aromatic heterocycles. The predicted octanol–water partition coefficient (Wildman–Crippen LogP) is 14.2. The molecule has 0 N–H and O–H groups in total. The van der Waals surface area contributed by atoms with Crippen LogP contribution in [0.4, 0.5) is 17.1 Å². The molecule has 0 spiro atoms. The van der Waals surface area contributed by atoms with Gasteiger partial charge in [0.15, 0.2) is 0 Å². The second-order valence-corrected chi connectivity index (χ2v) is 13.2. The van der Waals surface area contributed by atoms with Gasteiger partial charge in [0, 0.05) is 17.1 Å². The van der Waals surface area contributed by atoms with Crippen LogP contribution in [-0.4, -0.2) is 0 Å². The molecule has 0 atom stereocenters. The van der Waals surface area contributed by atoms with Crippen molar-refractivity contribution in [1.82, 2.24) is 0 Å². The van der Waals surface area contributed by atoms with Crippen molar-refractivity contribution < 1.29 is 0 Å². The molecule has 0 saturated heterocycles. The van der Waals surface area contributed by atoms with E-state index in [1.54, 1.807) is 0 Å². The van der Waals surface area contributed by atoms with Gasteiger partial charge in [-0.05, 0) is 121 Å². The SMILES string of the molecule is C1=CCCC(c2ccc(N(c3ccc(-c4ccccc4)cc3)c3ccc(-c4ccccc4)cc3)cc2-c2cc3ccccc3c3ccccc23)=C1. The van der Waals surface area contributed by atoms with E-state index in [4.69, 9.17) is 0 Å². The molecule has 8 aromatic rings. The number of nitrogens with zero attached hydrogens (tertiary/aromatic N) is 1. The summed E-state index contributed by atoms with van der Waals surface area (Å²) in [5.74, 6) is 0. The largest absolute Gasteiger partial charge is 0.310 e. The van der Waals surface area contributed by atoms with E-state index in [0.717, 1.165) is 29.9 Å². The lowest BCUT2D eigenvalue weighted by Gasteiger charge is -2.28. The Bertz CT molecular complexity index is 2460. The van der Waals surface area contributed by atoms with Crippen LogP contribution in [-0.2, 0) is 0 Å². The van der Waals surface area contributed by atoms with Crippen molar-refractivity contribution in [3.8, 4) is 33.4 Å². The van der Waals surface area contributed by atoms with Gasteiger partial charge < -0.3 is 4.90 Å². The Kier molecular flexibility index (Phi) is 8.08. The molecule has 0 radical (unpaired) electrons. The summed E-state index contributed by atoms with van der Waals surface area (Å²) in [4.78, 5) is 2.40. The second-order valence-electron chi connectivity index (χ2n) is 13.2. The Morgan fingerprint density at radius 3 is 1.51 bits per heavy atom. The molecule has 1 aliphatic rings. The number of hydrogen-bond acceptors (Lipinski definition) is 1. The Balaban J connectivity index is 1.25. The molecular formula is C50H37N. The van der Waals surface area contributed by atoms with Crippen LogP contribution in [0.2, 0.25) is 0 Å². The Morgan fingerprint density at radius 2 is 0.902 bits per heavy atom. The molecule has 242 valence electrons. The van der Waals surface area contributed by atoms with E-state index in [2.05, 4.69) is 205 Å². The normalized spacial score (nSPS) is 12.6. The third-order valence-electron chi connectivity index (χ3n) is 10.1. The van der Waals surface area contributed by atoms with E-state index in [1.165, 1.54) is 66.1 Å². The first kappa shape index (κ1) is 30.6. The summed E-state index contributed by atoms with van der Waals surface area (Å²) in [6.45, 7) is 0. The Morgan fingerprint density at radius 1 is 0.373 bits per heavy atom. The maximum Gasteiger partial charge on any atom is 0.0468 e. The molecule has 1 heteroatoms. The lowest BCUT2D eigenvalue weighted by molar-refractivity contribution is 1.05. The number of rotatable bonds is 7. The summed E-state index contributed by atoms with van der Waals surface area (Å²) in [5, 5.41) is 5.09. The van der Waals surface area contributed by atoms with E-state index in [0.29, 0.717) is 0 Å². The number of fused-ring (bicyclic) bond motifs is 3. The highest BCUT2D eigenvalue weighted by molar-refractivity contribution is 6.14. The van der Waals surface area contributed by atoms with Gasteiger partial charge in [-0.25, -0.2) is 0 Å². The van der Waals surface area contributed by atoms with Crippen molar-refractivity contribution in [1.29, 1.82) is 0 Å². The first-order valence-corrected chi connectivity index (χ1v) is 17.8. The van der Waals surface area contributed by atoms with E-state index in [1.807, 2.05) is 0 Å². The van der Waals surface area contributed by atoms with Crippen LogP contribution in [0.1, 0.15) is 18.4 Å². The fraction of sp³-hybridized carbons (Fsp3) is 0.0400. The van der Waals surface area contributed by atoms with E-state index in [9.17, 15) is 0 Å². The van der Waals surface area contributed by atoms with Gasteiger partial charge in [-0.15, -0.1) is 0 Å². The number of benzene rings is 8. The first-order chi connectivity index (χ1) is 25.3. The fourth-order valence-corrected chi connectivity index (χ4v) is 7.59. The predicted molar refractivity (Wildman–Crippen MR) is 219 cm³/mol. The molecule has 0 aliphatic heterocycles. The summed E-state index contributed by atoms with van der Waals surface area (Å²) in [6.07, 6.45) is 8.86. The van der Waals surface area contributed by atoms with E-state index < -0.39 is 0 Å². The average Bonchev–Trinajstić information content (AvgIpc) is 3.22. The molecule has 0 fully saturated rings. The van der Waals surface area contributed by atoms with E-state index in [-0.39, 0.29) is 0 Å². The highest BCUT2D eigenvalue weighted by Gasteiger charge is 2.20. The zero-order chi connectivity index (χ0) is 34.0. The minimum Gasteiger partial charge on any atom is -0.310 e. The first-order valence-electron chi connectivity index (χ1n) is 17.8. The highest BCUT2D eigenvalue weighted by atomic mass is 15.1. The highest BCUT2D eigenvalue weighted by Crippen LogP contribution is 2.44. The van der Waals surface area contributed by atoms with Crippen LogP contribution in [0.25, 0.3) is 60.5 Å². The molecule has 51 heavy (non-hydrogen) atoms. The Labute approximate surface area is 300 Å². The Hall–Kier alpha value is -6.44. The minimum atomic E-state index is 1.03. The van der Waals surface area contributed by atoms with Gasteiger partial charge in [0.05, 0.1) is 0 Å². The van der Waals surface area contributed by atoms with Gasteiger partial charge in [-0.1, -0.05) is 158 Å². The molecule has 0 saturated carbocycles. The van der Waals surface area contributed by atoms with Crippen LogP contribution in [0.5, 0.6) is 0 Å². The third kappa shape index (κ3) is 5.94. The number of anilines is 3. The zero-order valence-electron chi connectivity index (χ0n) is 28.4. The minimum absolute atomic E-state index is 1.03. The molecular weight excluding hydrogens is 615 g/mol. The van der Waals surface area contributed by atoms with Gasteiger partial charge in [0.2, 0.25) is 0 Å². The van der Waals surface area contributed by atoms with Crippen LogP contribution >= 0.6 is 0 Å². The van der Waals surface area contributed by atoms with Crippen LogP contribution in [0, 0.1) is 0 Å². The molecule has 8 aromatic carbocycles. The maximum atomic E-state index is 2.42. The third-order valence-corrected chi connectivity index (χ3v) is 10.1. The molecule has 1 nitrogen and oxygen atoms in total. The summed E-state index contributed by atoms with van der Waals surface area (Å²) < 4.78 is 0. The summed E-state index contributed by atoms with van der Waals surface area (Å²) in [5.41, 5.74) is 13.4. The lowest BCUT2D eigenvalue weighted by atomic mass is 9.86. The summed E-state index contributed by atoms with van der Waals surface area (Å²) in [7, 11) is 0. The number of allylic oxidation sites excluding steroid dienone is 4. The van der Waals surface area contributed by atoms with Crippen molar-refractivity contribution in [3.05, 3.63) is 206 Å². The maximum absolute atomic E-state index is 2.42. The van der Waals surface area contributed by atoms with Crippen LogP contribution in [0.3, 0.4) is 0 Å². The van der Waals surface area contributed by atoms with E-state index >= 15 is 0 Å². The van der Waals surface area contributed by atoms with Crippen molar-refractivity contribution in [2.45, 2.75) is 12.8 Å². The average molecular weight is 652 g/mol. The van der Waals surface area contributed by atoms with Crippen molar-refractivity contribution >= 4 is 44.2 Å². The van der Waals surface area contributed by atoms with Gasteiger partial charge in [-0.3, -0.25) is 0 Å². The standard InChI is InChI=1S/C50H37N/c1-4-14-36(15-5-1)38-24-28-42(29-25-38)51(43-30-26-39(27-31-43)37-16-6-2-7-17-37)44-32-33-46(40-18-8-3-9-19-40)50(35-44)49-34-41-20-10-11-21-45(41)47-22-12-13-23-48(47)49/h1-8,10-18,20-35H,9,19H2. The van der Waals surface area contributed by atoms with Crippen molar-refractivity contribution in [2.75, 3.05) is 4.90 Å². The topological polar surface area (TPSA) is 3.24 Å². The molecule has 0 heterocycles. The molecule has 0 bridgehead atoms. The zero-order valence-corrected chi connectivity index (χ0v) is 28.4. The molecule has 1 aliphatic carbocycles. The van der Waals surface area contributed by atoms with Crippen molar-refractivity contribution in [3.63, 3.8) is 0 Å². The van der Waals surface area contributed by atoms with Crippen LogP contribution < -0.4 is 4.90 Å². The van der Waals surface area contributed by atoms with Gasteiger partial charge in [-0.2, -0.15) is 0 Å². The molecule has 9 rings (SSSR count). The van der Waals surface area contributed by atoms with Gasteiger partial charge in [0.1, 0.15) is 0 Å². The lowest BCUT2D eigenvalue weighted by Crippen LogP contribution is -2.10. The monoisotopic (exact) mass is 651 g/mol. The summed E-state index contributed by atoms with van der Waals surface area (Å²) >= 11 is 0. The number of hydrogen-bond donors (Lipinski definition) is 0. The fourth-order valence-electron chi connectivity index (χ4n) is 7.59. The van der Waals surface area contributed by atoms with Crippen LogP contribution in [0.15, 0.2) is 200 Å². The van der Waals surface area contributed by atoms with Gasteiger partial charge in [0.25, 0.3) is 0 Å². The van der Waals surface area contributed by atoms with Crippen molar-refractivity contribution in [2.24, 2.45) is 0 Å². The molecule has 0 amide bonds. The molecule has 0 unspecified atom stereocenters. The summed E-state index contributed by atoms with van der Waals surface area (Å²) in [6, 6.07) is 66.3. The second kappa shape index (κ2) is 13.5.